The van der Waals surface area contributed by atoms with E-state index in [2.05, 4.69) is 0 Å². The molecule has 0 radical (unpaired) electrons. The largest absolute Gasteiger partial charge is 0.477 e. The Bertz CT molecular complexity index is 513. The van der Waals surface area contributed by atoms with Crippen molar-refractivity contribution in [3.05, 3.63) is 21.6 Å². The number of aliphatic hydroxyl groups is 1. The fourth-order valence-corrected chi connectivity index (χ4v) is 3.83. The Labute approximate surface area is 121 Å². The first-order valence-corrected chi connectivity index (χ1v) is 7.22. The summed E-state index contributed by atoms with van der Waals surface area (Å²) in [7, 11) is 0. The molecule has 1 amide bonds. The van der Waals surface area contributed by atoms with Gasteiger partial charge in [0.15, 0.2) is 0 Å². The number of carbonyl (C=O) groups is 2. The molecule has 3 atom stereocenters. The summed E-state index contributed by atoms with van der Waals surface area (Å²) in [5.74, 6) is -1.91. The maximum atomic E-state index is 12.0. The molecule has 7 heteroatoms. The quantitative estimate of drug-likeness (QED) is 0.638. The van der Waals surface area contributed by atoms with Gasteiger partial charge < -0.3 is 20.8 Å². The van der Waals surface area contributed by atoms with Crippen LogP contribution in [0.1, 0.15) is 20.3 Å². The Morgan fingerprint density at radius 3 is 2.80 bits per heavy atom. The van der Waals surface area contributed by atoms with E-state index < -0.39 is 18.0 Å². The van der Waals surface area contributed by atoms with Crippen LogP contribution in [0.25, 0.3) is 0 Å². The van der Waals surface area contributed by atoms with Crippen LogP contribution < -0.4 is 5.73 Å². The fraction of sp³-hybridized carbons (Fsp3) is 0.538. The lowest BCUT2D eigenvalue weighted by Gasteiger charge is -2.44. The average Bonchev–Trinajstić information content (AvgIpc) is 2.63. The number of hydrogen-bond donors (Lipinski definition) is 3. The van der Waals surface area contributed by atoms with Gasteiger partial charge in [-0.15, -0.1) is 0 Å². The number of β-lactam (4-membered cyclic amide) rings is 1. The zero-order chi connectivity index (χ0) is 15.0. The Morgan fingerprint density at radius 2 is 2.30 bits per heavy atom. The third-order valence-electron chi connectivity index (χ3n) is 3.58. The second-order valence-corrected chi connectivity index (χ2v) is 6.32. The number of nitrogens with two attached hydrogens (primary N) is 1. The highest BCUT2D eigenvalue weighted by Crippen LogP contribution is 2.48. The van der Waals surface area contributed by atoms with Gasteiger partial charge in [0.05, 0.1) is 18.1 Å². The van der Waals surface area contributed by atoms with E-state index in [1.54, 1.807) is 13.0 Å². The lowest BCUT2D eigenvalue weighted by Crippen LogP contribution is -2.61. The van der Waals surface area contributed by atoms with Crippen molar-refractivity contribution in [1.82, 2.24) is 4.90 Å². The summed E-state index contributed by atoms with van der Waals surface area (Å²) in [5, 5.41) is 18.9. The summed E-state index contributed by atoms with van der Waals surface area (Å²) < 4.78 is 0. The Kier molecular flexibility index (Phi) is 4.22. The topological polar surface area (TPSA) is 104 Å². The third kappa shape index (κ3) is 2.36. The summed E-state index contributed by atoms with van der Waals surface area (Å²) in [6.45, 7) is 3.80. The first kappa shape index (κ1) is 15.1. The highest BCUT2D eigenvalue weighted by Gasteiger charge is 2.56. The van der Waals surface area contributed by atoms with E-state index in [0.717, 1.165) is 4.91 Å². The van der Waals surface area contributed by atoms with Crippen LogP contribution in [0, 0.1) is 5.92 Å². The molecular formula is C13H18N2O4S. The molecule has 0 aromatic heterocycles. The van der Waals surface area contributed by atoms with Crippen LogP contribution in [0.3, 0.4) is 0 Å². The monoisotopic (exact) mass is 298 g/mol. The van der Waals surface area contributed by atoms with Crippen molar-refractivity contribution >= 4 is 23.6 Å². The molecule has 6 nitrogen and oxygen atoms in total. The van der Waals surface area contributed by atoms with Gasteiger partial charge in [0.2, 0.25) is 5.91 Å². The molecule has 0 saturated carbocycles. The number of aliphatic carboxylic acids is 1. The standard InChI is InChI=1S/C13H18N2O4S/c1-6(3-4-14)20-9-5-8-10(7(2)16)12(17)15(8)11(9)13(18)19/h3,7-8,10,16H,4-5,14H2,1-2H3,(H,18,19)/b6-3+. The molecule has 4 N–H and O–H groups in total. The number of nitrogens with zero attached hydrogens (tertiary/aromatic N) is 1. The van der Waals surface area contributed by atoms with Crippen molar-refractivity contribution in [2.75, 3.05) is 6.54 Å². The van der Waals surface area contributed by atoms with E-state index in [1.165, 1.54) is 16.7 Å². The normalized spacial score (nSPS) is 27.5. The summed E-state index contributed by atoms with van der Waals surface area (Å²) in [6, 6.07) is -0.234. The molecule has 2 aliphatic heterocycles. The summed E-state index contributed by atoms with van der Waals surface area (Å²) in [5.41, 5.74) is 5.48. The molecule has 2 rings (SSSR count). The number of carbonyl (C=O) groups excluding carboxylic acids is 1. The zero-order valence-electron chi connectivity index (χ0n) is 11.4. The summed E-state index contributed by atoms with van der Waals surface area (Å²) in [6.07, 6.45) is 1.52. The van der Waals surface area contributed by atoms with Crippen molar-refractivity contribution in [2.24, 2.45) is 11.7 Å². The number of aliphatic hydroxyl groups excluding tert-OH is 1. The number of allylic oxidation sites excluding steroid dienone is 1. The van der Waals surface area contributed by atoms with Gasteiger partial charge in [0.1, 0.15) is 5.70 Å². The molecule has 3 unspecified atom stereocenters. The van der Waals surface area contributed by atoms with Gasteiger partial charge in [-0.3, -0.25) is 4.79 Å². The van der Waals surface area contributed by atoms with E-state index in [9.17, 15) is 19.8 Å². The Balaban J connectivity index is 2.26. The Hall–Kier alpha value is -1.31. The van der Waals surface area contributed by atoms with Gasteiger partial charge in [0, 0.05) is 17.9 Å². The minimum atomic E-state index is -1.10. The highest BCUT2D eigenvalue weighted by molar-refractivity contribution is 8.06. The molecule has 0 spiro atoms. The summed E-state index contributed by atoms with van der Waals surface area (Å²) >= 11 is 1.34. The molecule has 0 aromatic rings. The van der Waals surface area contributed by atoms with E-state index in [1.807, 2.05) is 6.92 Å². The van der Waals surface area contributed by atoms with Crippen molar-refractivity contribution in [3.63, 3.8) is 0 Å². The molecule has 20 heavy (non-hydrogen) atoms. The predicted molar refractivity (Wildman–Crippen MR) is 75.5 cm³/mol. The van der Waals surface area contributed by atoms with Crippen molar-refractivity contribution in [1.29, 1.82) is 0 Å². The molecule has 0 aliphatic carbocycles. The van der Waals surface area contributed by atoms with Crippen LogP contribution in [-0.2, 0) is 9.59 Å². The van der Waals surface area contributed by atoms with Crippen molar-refractivity contribution < 1.29 is 19.8 Å². The first-order valence-electron chi connectivity index (χ1n) is 6.40. The fourth-order valence-electron chi connectivity index (χ4n) is 2.72. The number of carboxylic acids is 1. The van der Waals surface area contributed by atoms with Gasteiger partial charge >= 0.3 is 5.97 Å². The predicted octanol–water partition coefficient (Wildman–Crippen LogP) is 0.490. The van der Waals surface area contributed by atoms with Gasteiger partial charge in [-0.25, -0.2) is 4.79 Å². The molecular weight excluding hydrogens is 280 g/mol. The maximum absolute atomic E-state index is 12.0. The lowest BCUT2D eigenvalue weighted by molar-refractivity contribution is -0.161. The lowest BCUT2D eigenvalue weighted by atomic mass is 9.83. The number of rotatable bonds is 5. The van der Waals surface area contributed by atoms with Crippen LogP contribution >= 0.6 is 11.8 Å². The Morgan fingerprint density at radius 1 is 1.65 bits per heavy atom. The smallest absolute Gasteiger partial charge is 0.353 e. The molecule has 0 aromatic carbocycles. The number of amides is 1. The van der Waals surface area contributed by atoms with E-state index in [0.29, 0.717) is 17.9 Å². The van der Waals surface area contributed by atoms with E-state index >= 15 is 0 Å². The van der Waals surface area contributed by atoms with Crippen LogP contribution in [0.15, 0.2) is 21.6 Å². The number of fused-ring (bicyclic) bond motifs is 1. The third-order valence-corrected chi connectivity index (χ3v) is 4.68. The molecule has 0 bridgehead atoms. The average molecular weight is 298 g/mol. The van der Waals surface area contributed by atoms with Crippen LogP contribution in [0.2, 0.25) is 0 Å². The minimum absolute atomic E-state index is 0.0478. The number of thioether (sulfide) groups is 1. The van der Waals surface area contributed by atoms with E-state index in [4.69, 9.17) is 5.73 Å². The minimum Gasteiger partial charge on any atom is -0.477 e. The van der Waals surface area contributed by atoms with Crippen LogP contribution in [-0.4, -0.2) is 45.7 Å². The van der Waals surface area contributed by atoms with Crippen molar-refractivity contribution in [3.8, 4) is 0 Å². The molecule has 2 heterocycles. The van der Waals surface area contributed by atoms with Crippen molar-refractivity contribution in [2.45, 2.75) is 32.4 Å². The van der Waals surface area contributed by atoms with Gasteiger partial charge in [-0.1, -0.05) is 17.8 Å². The number of carboxylic acid groups (broad SMARTS) is 1. The second kappa shape index (κ2) is 5.59. The van der Waals surface area contributed by atoms with Gasteiger partial charge in [-0.05, 0) is 18.8 Å². The van der Waals surface area contributed by atoms with Gasteiger partial charge in [-0.2, -0.15) is 0 Å². The highest BCUT2D eigenvalue weighted by atomic mass is 32.2. The molecule has 110 valence electrons. The van der Waals surface area contributed by atoms with Gasteiger partial charge in [0.25, 0.3) is 0 Å². The molecule has 2 aliphatic rings. The van der Waals surface area contributed by atoms with Crippen LogP contribution in [0.4, 0.5) is 0 Å². The van der Waals surface area contributed by atoms with E-state index in [-0.39, 0.29) is 17.6 Å². The second-order valence-electron chi connectivity index (χ2n) is 4.98. The maximum Gasteiger partial charge on any atom is 0.353 e. The first-order chi connectivity index (χ1) is 9.38. The van der Waals surface area contributed by atoms with Crippen LogP contribution in [0.5, 0.6) is 0 Å². The molecule has 1 fully saturated rings. The SMILES string of the molecule is C/C(=C\CN)SC1=C(C(=O)O)N2C(=O)C(C(C)O)C2C1. The summed E-state index contributed by atoms with van der Waals surface area (Å²) in [4.78, 5) is 26.2. The zero-order valence-corrected chi connectivity index (χ0v) is 12.2. The molecule has 1 saturated heterocycles. The number of hydrogen-bond acceptors (Lipinski definition) is 5.